The SMILES string of the molecule is CCOC(=O)PC1(C)C(C)=[N+](CCC(OCC)OCC)c2ccc3ccccc3c21. The largest absolute Gasteiger partial charge is 0.463 e. The number of rotatable bonds is 10. The topological polar surface area (TPSA) is 47.8 Å². The summed E-state index contributed by atoms with van der Waals surface area (Å²) >= 11 is 0. The number of nitrogens with zero attached hydrogens (tertiary/aromatic N) is 1. The third-order valence-corrected chi connectivity index (χ3v) is 7.21. The average molecular weight is 431 g/mol. The van der Waals surface area contributed by atoms with Gasteiger partial charge in [-0.3, -0.25) is 0 Å². The van der Waals surface area contributed by atoms with Crippen LogP contribution < -0.4 is 0 Å². The maximum atomic E-state index is 12.6. The lowest BCUT2D eigenvalue weighted by Crippen LogP contribution is -2.29. The highest BCUT2D eigenvalue weighted by molar-refractivity contribution is 7.59. The van der Waals surface area contributed by atoms with Gasteiger partial charge in [0.1, 0.15) is 5.16 Å². The number of ether oxygens (including phenoxy) is 3. The number of carbonyl (C=O) groups is 1. The standard InChI is InChI=1S/C24H33NO4P/c1-6-27-21(28-7-2)15-16-25-17(4)24(5,30-23(26)29-8-3)22-19-12-10-9-11-18(19)13-14-20(22)25/h9-14,21,30H,6-8,15-16H2,1-5H3/q+1. The highest BCUT2D eigenvalue weighted by atomic mass is 31.1. The highest BCUT2D eigenvalue weighted by Crippen LogP contribution is 2.53. The molecule has 2 unspecified atom stereocenters. The lowest BCUT2D eigenvalue weighted by Gasteiger charge is -2.22. The molecule has 1 aliphatic rings. The summed E-state index contributed by atoms with van der Waals surface area (Å²) in [6.45, 7) is 12.5. The van der Waals surface area contributed by atoms with Gasteiger partial charge in [0.05, 0.1) is 18.6 Å². The molecular formula is C24H33NO4P+. The smallest absolute Gasteiger partial charge is 0.324 e. The van der Waals surface area contributed by atoms with Crippen molar-refractivity contribution in [1.29, 1.82) is 0 Å². The molecule has 0 spiro atoms. The van der Waals surface area contributed by atoms with E-state index in [2.05, 4.69) is 54.8 Å². The van der Waals surface area contributed by atoms with E-state index in [1.165, 1.54) is 22.0 Å². The molecule has 30 heavy (non-hydrogen) atoms. The molecule has 2 atom stereocenters. The molecule has 1 aliphatic heterocycles. The molecule has 0 saturated carbocycles. The molecule has 1 heterocycles. The first-order valence-electron chi connectivity index (χ1n) is 10.8. The van der Waals surface area contributed by atoms with Crippen LogP contribution in [0, 0.1) is 0 Å². The molecular weight excluding hydrogens is 397 g/mol. The molecule has 0 N–H and O–H groups in total. The van der Waals surface area contributed by atoms with E-state index in [9.17, 15) is 4.79 Å². The Morgan fingerprint density at radius 1 is 1.07 bits per heavy atom. The summed E-state index contributed by atoms with van der Waals surface area (Å²) in [7, 11) is 0.0133. The van der Waals surface area contributed by atoms with Gasteiger partial charge in [0.15, 0.2) is 18.5 Å². The number of hydrogen-bond acceptors (Lipinski definition) is 4. The van der Waals surface area contributed by atoms with E-state index in [0.29, 0.717) is 19.8 Å². The van der Waals surface area contributed by atoms with Crippen LogP contribution in [0.15, 0.2) is 36.4 Å². The zero-order valence-corrected chi connectivity index (χ0v) is 19.7. The second-order valence-corrected chi connectivity index (χ2v) is 9.18. The van der Waals surface area contributed by atoms with Gasteiger partial charge in [-0.1, -0.05) is 24.3 Å². The number of benzene rings is 2. The molecule has 6 heteroatoms. The second-order valence-electron chi connectivity index (χ2n) is 7.52. The molecule has 0 aromatic heterocycles. The van der Waals surface area contributed by atoms with E-state index in [4.69, 9.17) is 14.2 Å². The molecule has 0 bridgehead atoms. The minimum absolute atomic E-state index is 0.0133. The first kappa shape index (κ1) is 22.9. The third-order valence-electron chi connectivity index (χ3n) is 5.75. The van der Waals surface area contributed by atoms with Crippen molar-refractivity contribution in [3.8, 4) is 0 Å². The van der Waals surface area contributed by atoms with E-state index in [1.807, 2.05) is 20.8 Å². The molecule has 2 aromatic carbocycles. The Hall–Kier alpha value is -1.81. The van der Waals surface area contributed by atoms with Crippen molar-refractivity contribution in [3.63, 3.8) is 0 Å². The Balaban J connectivity index is 2.04. The van der Waals surface area contributed by atoms with Gasteiger partial charge in [-0.05, 0) is 44.5 Å². The highest BCUT2D eigenvalue weighted by Gasteiger charge is 2.49. The molecule has 0 amide bonds. The van der Waals surface area contributed by atoms with Crippen molar-refractivity contribution in [2.75, 3.05) is 26.4 Å². The van der Waals surface area contributed by atoms with E-state index < -0.39 is 5.16 Å². The summed E-state index contributed by atoms with van der Waals surface area (Å²) < 4.78 is 19.2. The van der Waals surface area contributed by atoms with Crippen molar-refractivity contribution in [2.24, 2.45) is 0 Å². The fourth-order valence-electron chi connectivity index (χ4n) is 4.28. The van der Waals surface area contributed by atoms with Crippen molar-refractivity contribution >= 4 is 36.5 Å². The molecule has 0 aliphatic carbocycles. The molecule has 3 rings (SSSR count). The Morgan fingerprint density at radius 3 is 2.43 bits per heavy atom. The van der Waals surface area contributed by atoms with Gasteiger partial charge in [-0.2, -0.15) is 4.58 Å². The van der Waals surface area contributed by atoms with E-state index in [-0.39, 0.29) is 20.6 Å². The average Bonchev–Trinajstić information content (AvgIpc) is 2.93. The third kappa shape index (κ3) is 4.44. The van der Waals surface area contributed by atoms with Crippen LogP contribution >= 0.6 is 8.58 Å². The summed E-state index contributed by atoms with van der Waals surface area (Å²) in [4.78, 5) is 12.6. The number of hydrogen-bond donors (Lipinski definition) is 0. The van der Waals surface area contributed by atoms with Crippen LogP contribution in [0.25, 0.3) is 10.8 Å². The summed E-state index contributed by atoms with van der Waals surface area (Å²) in [5.74, 6) is 0. The summed E-state index contributed by atoms with van der Waals surface area (Å²) in [6, 6.07) is 12.7. The number of carbonyl (C=O) groups excluding carboxylic acids is 1. The Labute approximate surface area is 181 Å². The van der Waals surface area contributed by atoms with Crippen LogP contribution in [0.4, 0.5) is 10.5 Å². The molecule has 0 radical (unpaired) electrons. The molecule has 2 aromatic rings. The van der Waals surface area contributed by atoms with Gasteiger partial charge in [-0.25, -0.2) is 4.79 Å². The van der Waals surface area contributed by atoms with E-state index in [1.54, 1.807) is 0 Å². The lowest BCUT2D eigenvalue weighted by atomic mass is 9.92. The molecule has 0 saturated heterocycles. The minimum atomic E-state index is -0.394. The monoisotopic (exact) mass is 430 g/mol. The summed E-state index contributed by atoms with van der Waals surface area (Å²) in [5.41, 5.74) is 3.42. The predicted octanol–water partition coefficient (Wildman–Crippen LogP) is 5.80. The Kier molecular flexibility index (Phi) is 7.62. The predicted molar refractivity (Wildman–Crippen MR) is 124 cm³/mol. The van der Waals surface area contributed by atoms with Crippen LogP contribution in [0.3, 0.4) is 0 Å². The zero-order valence-electron chi connectivity index (χ0n) is 18.7. The van der Waals surface area contributed by atoms with E-state index in [0.717, 1.165) is 18.7 Å². The Morgan fingerprint density at radius 2 is 1.77 bits per heavy atom. The Bertz CT molecular complexity index is 936. The first-order valence-corrected chi connectivity index (χ1v) is 11.8. The van der Waals surface area contributed by atoms with Crippen LogP contribution in [0.1, 0.15) is 46.6 Å². The fourth-order valence-corrected chi connectivity index (χ4v) is 5.60. The zero-order chi connectivity index (χ0) is 21.7. The van der Waals surface area contributed by atoms with Crippen molar-refractivity contribution in [1.82, 2.24) is 0 Å². The van der Waals surface area contributed by atoms with Crippen LogP contribution in [-0.4, -0.2) is 48.7 Å². The molecule has 162 valence electrons. The maximum absolute atomic E-state index is 12.6. The molecule has 0 fully saturated rings. The molecule has 5 nitrogen and oxygen atoms in total. The number of fused-ring (bicyclic) bond motifs is 3. The quantitative estimate of drug-likeness (QED) is 0.272. The van der Waals surface area contributed by atoms with Crippen LogP contribution in [0.2, 0.25) is 0 Å². The minimum Gasteiger partial charge on any atom is -0.463 e. The van der Waals surface area contributed by atoms with Crippen LogP contribution in [-0.2, 0) is 19.4 Å². The van der Waals surface area contributed by atoms with Gasteiger partial charge in [-0.15, -0.1) is 0 Å². The second kappa shape index (κ2) is 10.00. The van der Waals surface area contributed by atoms with Crippen LogP contribution in [0.5, 0.6) is 0 Å². The van der Waals surface area contributed by atoms with Crippen molar-refractivity contribution < 1.29 is 23.6 Å². The lowest BCUT2D eigenvalue weighted by molar-refractivity contribution is -0.444. The fraction of sp³-hybridized carbons (Fsp3) is 0.500. The van der Waals surface area contributed by atoms with Gasteiger partial charge < -0.3 is 14.2 Å². The van der Waals surface area contributed by atoms with Gasteiger partial charge in [0.25, 0.3) is 0 Å². The van der Waals surface area contributed by atoms with Crippen molar-refractivity contribution in [3.05, 3.63) is 42.0 Å². The van der Waals surface area contributed by atoms with E-state index >= 15 is 0 Å². The summed E-state index contributed by atoms with van der Waals surface area (Å²) in [5, 5.41) is 1.99. The maximum Gasteiger partial charge on any atom is 0.324 e. The summed E-state index contributed by atoms with van der Waals surface area (Å²) in [6.07, 6.45) is 0.528. The van der Waals surface area contributed by atoms with Gasteiger partial charge in [0, 0.05) is 34.8 Å². The first-order chi connectivity index (χ1) is 14.5. The van der Waals surface area contributed by atoms with Gasteiger partial charge in [0.2, 0.25) is 5.69 Å². The van der Waals surface area contributed by atoms with Crippen molar-refractivity contribution in [2.45, 2.75) is 52.5 Å². The normalized spacial score (nSPS) is 18.7. The van der Waals surface area contributed by atoms with Gasteiger partial charge >= 0.3 is 5.71 Å².